The van der Waals surface area contributed by atoms with E-state index < -0.39 is 0 Å². The Hall–Kier alpha value is -4.44. The number of hydrogen-bond acceptors (Lipinski definition) is 5. The molecule has 176 valence electrons. The summed E-state index contributed by atoms with van der Waals surface area (Å²) in [6.07, 6.45) is 4.58. The molecule has 0 saturated carbocycles. The highest BCUT2D eigenvalue weighted by Crippen LogP contribution is 2.29. The lowest BCUT2D eigenvalue weighted by Gasteiger charge is -2.18. The van der Waals surface area contributed by atoms with Gasteiger partial charge in [0.1, 0.15) is 22.9 Å². The van der Waals surface area contributed by atoms with Gasteiger partial charge >= 0.3 is 0 Å². The molecule has 7 heteroatoms. The molecule has 2 aromatic carbocycles. The van der Waals surface area contributed by atoms with Gasteiger partial charge < -0.3 is 10.1 Å². The molecule has 1 amide bonds. The van der Waals surface area contributed by atoms with Gasteiger partial charge in [-0.3, -0.25) is 4.79 Å². The number of amides is 1. The molecule has 0 unspecified atom stereocenters. The third-order valence-corrected chi connectivity index (χ3v) is 5.77. The van der Waals surface area contributed by atoms with Crippen LogP contribution in [0.3, 0.4) is 0 Å². The van der Waals surface area contributed by atoms with Crippen molar-refractivity contribution in [2.24, 2.45) is 0 Å². The molecule has 4 aromatic rings. The molecule has 2 heterocycles. The standard InChI is InChI=1S/C28H27N5O2/c1-18-15-24(31-26-22(18)7-6-8-23(26)35-5)33-27(20(16-29)17-30-33)32-25(34)14-11-19-9-12-21(13-10-19)28(2,3)4/h6-15,17H,1-5H3,(H,32,34)/b14-11+. The number of anilines is 1. The Labute approximate surface area is 204 Å². The average molecular weight is 466 g/mol. The minimum Gasteiger partial charge on any atom is -0.494 e. The number of nitrogens with zero attached hydrogens (tertiary/aromatic N) is 4. The normalized spacial score (nSPS) is 11.5. The van der Waals surface area contributed by atoms with Crippen LogP contribution in [0.4, 0.5) is 5.82 Å². The number of aryl methyl sites for hydroxylation is 1. The van der Waals surface area contributed by atoms with Gasteiger partial charge in [-0.1, -0.05) is 57.2 Å². The Morgan fingerprint density at radius 3 is 2.57 bits per heavy atom. The number of nitrogens with one attached hydrogen (secondary N) is 1. The summed E-state index contributed by atoms with van der Waals surface area (Å²) in [6.45, 7) is 8.43. The molecule has 0 aliphatic rings. The third-order valence-electron chi connectivity index (χ3n) is 5.77. The van der Waals surface area contributed by atoms with E-state index in [9.17, 15) is 10.1 Å². The van der Waals surface area contributed by atoms with E-state index >= 15 is 0 Å². The zero-order valence-corrected chi connectivity index (χ0v) is 20.5. The average Bonchev–Trinajstić information content (AvgIpc) is 3.24. The maximum absolute atomic E-state index is 12.8. The number of nitriles is 1. The number of hydrogen-bond donors (Lipinski definition) is 1. The molecule has 0 spiro atoms. The summed E-state index contributed by atoms with van der Waals surface area (Å²) in [6, 6.07) is 17.7. The first-order valence-corrected chi connectivity index (χ1v) is 11.2. The smallest absolute Gasteiger partial charge is 0.249 e. The van der Waals surface area contributed by atoms with Gasteiger partial charge in [-0.15, -0.1) is 0 Å². The first-order chi connectivity index (χ1) is 16.7. The fourth-order valence-electron chi connectivity index (χ4n) is 3.80. The monoisotopic (exact) mass is 465 g/mol. The molecule has 2 aromatic heterocycles. The minimum atomic E-state index is -0.377. The van der Waals surface area contributed by atoms with Crippen molar-refractivity contribution >= 4 is 28.7 Å². The zero-order valence-electron chi connectivity index (χ0n) is 20.5. The molecule has 0 aliphatic carbocycles. The predicted molar refractivity (Wildman–Crippen MR) is 138 cm³/mol. The van der Waals surface area contributed by atoms with Crippen LogP contribution >= 0.6 is 0 Å². The molecule has 0 radical (unpaired) electrons. The molecule has 1 N–H and O–H groups in total. The van der Waals surface area contributed by atoms with E-state index in [1.165, 1.54) is 22.5 Å². The van der Waals surface area contributed by atoms with Crippen LogP contribution in [0.25, 0.3) is 22.8 Å². The van der Waals surface area contributed by atoms with Crippen molar-refractivity contribution < 1.29 is 9.53 Å². The summed E-state index contributed by atoms with van der Waals surface area (Å²) >= 11 is 0. The molecule has 4 rings (SSSR count). The zero-order chi connectivity index (χ0) is 25.2. The van der Waals surface area contributed by atoms with E-state index in [1.807, 2.05) is 43.3 Å². The number of carbonyl (C=O) groups is 1. The van der Waals surface area contributed by atoms with E-state index in [0.29, 0.717) is 17.1 Å². The van der Waals surface area contributed by atoms with E-state index in [4.69, 9.17) is 9.72 Å². The van der Waals surface area contributed by atoms with Crippen LogP contribution in [0.1, 0.15) is 43.0 Å². The second-order valence-electron chi connectivity index (χ2n) is 9.28. The van der Waals surface area contributed by atoms with Crippen molar-refractivity contribution in [3.8, 4) is 17.6 Å². The molecule has 0 fully saturated rings. The lowest BCUT2D eigenvalue weighted by atomic mass is 9.87. The molecular weight excluding hydrogens is 438 g/mol. The number of carbonyl (C=O) groups excluding carboxylic acids is 1. The van der Waals surface area contributed by atoms with Crippen molar-refractivity contribution in [3.63, 3.8) is 0 Å². The van der Waals surface area contributed by atoms with Gasteiger partial charge in [-0.25, -0.2) is 4.98 Å². The first-order valence-electron chi connectivity index (χ1n) is 11.2. The van der Waals surface area contributed by atoms with Gasteiger partial charge in [0, 0.05) is 11.5 Å². The second kappa shape index (κ2) is 9.43. The van der Waals surface area contributed by atoms with Crippen LogP contribution in [-0.2, 0) is 10.2 Å². The number of methoxy groups -OCH3 is 1. The highest BCUT2D eigenvalue weighted by Gasteiger charge is 2.17. The number of benzene rings is 2. The molecule has 0 bridgehead atoms. The molecule has 0 atom stereocenters. The van der Waals surface area contributed by atoms with Crippen molar-refractivity contribution in [3.05, 3.63) is 83.1 Å². The maximum atomic E-state index is 12.8. The summed E-state index contributed by atoms with van der Waals surface area (Å²) in [7, 11) is 1.59. The molecule has 0 aliphatic heterocycles. The highest BCUT2D eigenvalue weighted by atomic mass is 16.5. The quantitative estimate of drug-likeness (QED) is 0.390. The van der Waals surface area contributed by atoms with Gasteiger partial charge in [-0.05, 0) is 47.2 Å². The van der Waals surface area contributed by atoms with Crippen LogP contribution in [0.2, 0.25) is 0 Å². The molecular formula is C28H27N5O2. The number of rotatable bonds is 5. The number of ether oxygens (including phenoxy) is 1. The Balaban J connectivity index is 1.64. The third kappa shape index (κ3) is 4.92. The SMILES string of the molecule is COc1cccc2c(C)cc(-n3ncc(C#N)c3NC(=O)/C=C/c3ccc(C(C)(C)C)cc3)nc12. The molecule has 7 nitrogen and oxygen atoms in total. The fourth-order valence-corrected chi connectivity index (χ4v) is 3.80. The molecule has 35 heavy (non-hydrogen) atoms. The van der Waals surface area contributed by atoms with E-state index in [-0.39, 0.29) is 22.7 Å². The number of fused-ring (bicyclic) bond motifs is 1. The van der Waals surface area contributed by atoms with Crippen molar-refractivity contribution in [1.82, 2.24) is 14.8 Å². The van der Waals surface area contributed by atoms with Gasteiger partial charge in [-0.2, -0.15) is 15.0 Å². The predicted octanol–water partition coefficient (Wildman–Crippen LogP) is 5.56. The van der Waals surface area contributed by atoms with Gasteiger partial charge in [0.05, 0.1) is 13.3 Å². The van der Waals surface area contributed by atoms with Gasteiger partial charge in [0.2, 0.25) is 5.91 Å². The summed E-state index contributed by atoms with van der Waals surface area (Å²) in [4.78, 5) is 17.5. The Kier molecular flexibility index (Phi) is 6.39. The number of para-hydroxylation sites is 1. The summed E-state index contributed by atoms with van der Waals surface area (Å²) in [5, 5.41) is 17.6. The van der Waals surface area contributed by atoms with Crippen LogP contribution in [-0.4, -0.2) is 27.8 Å². The van der Waals surface area contributed by atoms with Crippen molar-refractivity contribution in [2.45, 2.75) is 33.1 Å². The largest absolute Gasteiger partial charge is 0.494 e. The second-order valence-corrected chi connectivity index (χ2v) is 9.28. The summed E-state index contributed by atoms with van der Waals surface area (Å²) in [5.41, 5.74) is 4.06. The maximum Gasteiger partial charge on any atom is 0.249 e. The van der Waals surface area contributed by atoms with Crippen LogP contribution in [0.5, 0.6) is 5.75 Å². The first kappa shape index (κ1) is 23.7. The summed E-state index contributed by atoms with van der Waals surface area (Å²) < 4.78 is 6.93. The summed E-state index contributed by atoms with van der Waals surface area (Å²) in [5.74, 6) is 0.980. The van der Waals surface area contributed by atoms with E-state index in [0.717, 1.165) is 16.5 Å². The van der Waals surface area contributed by atoms with Crippen LogP contribution in [0.15, 0.2) is 60.8 Å². The Bertz CT molecular complexity index is 1470. The van der Waals surface area contributed by atoms with E-state index in [2.05, 4.69) is 49.4 Å². The van der Waals surface area contributed by atoms with Crippen LogP contribution < -0.4 is 10.1 Å². The lowest BCUT2D eigenvalue weighted by Crippen LogP contribution is -2.14. The van der Waals surface area contributed by atoms with Crippen LogP contribution in [0, 0.1) is 18.3 Å². The Morgan fingerprint density at radius 2 is 1.91 bits per heavy atom. The highest BCUT2D eigenvalue weighted by molar-refractivity contribution is 6.02. The van der Waals surface area contributed by atoms with E-state index in [1.54, 1.807) is 13.2 Å². The Morgan fingerprint density at radius 1 is 1.17 bits per heavy atom. The number of pyridine rings is 1. The van der Waals surface area contributed by atoms with Crippen molar-refractivity contribution in [1.29, 1.82) is 5.26 Å². The topological polar surface area (TPSA) is 92.8 Å². The number of aromatic nitrogens is 3. The van der Waals surface area contributed by atoms with Crippen molar-refractivity contribution in [2.75, 3.05) is 12.4 Å². The van der Waals surface area contributed by atoms with Gasteiger partial charge in [0.15, 0.2) is 11.6 Å². The lowest BCUT2D eigenvalue weighted by molar-refractivity contribution is -0.111. The van der Waals surface area contributed by atoms with Gasteiger partial charge in [0.25, 0.3) is 0 Å². The fraction of sp³-hybridized carbons (Fsp3) is 0.214. The minimum absolute atomic E-state index is 0.0604. The molecule has 0 saturated heterocycles.